The summed E-state index contributed by atoms with van der Waals surface area (Å²) in [4.78, 5) is 25.0. The molecule has 1 unspecified atom stereocenters. The Hall–Kier alpha value is -2.68. The summed E-state index contributed by atoms with van der Waals surface area (Å²) >= 11 is 0. The highest BCUT2D eigenvalue weighted by atomic mass is 16.5. The van der Waals surface area contributed by atoms with Crippen molar-refractivity contribution in [1.82, 2.24) is 0 Å². The maximum atomic E-state index is 12.1. The predicted octanol–water partition coefficient (Wildman–Crippen LogP) is 1.39. The Bertz CT molecular complexity index is 632. The molecule has 6 nitrogen and oxygen atoms in total. The summed E-state index contributed by atoms with van der Waals surface area (Å²) < 4.78 is 10.2. The minimum atomic E-state index is -1.18. The first-order valence-corrected chi connectivity index (χ1v) is 6.27. The number of carbonyl (C=O) groups is 2. The Morgan fingerprint density at radius 2 is 2.14 bits per heavy atom. The highest BCUT2D eigenvalue weighted by Gasteiger charge is 2.33. The van der Waals surface area contributed by atoms with Gasteiger partial charge in [-0.25, -0.2) is 4.79 Å². The van der Waals surface area contributed by atoms with Crippen molar-refractivity contribution in [2.75, 3.05) is 25.7 Å². The van der Waals surface area contributed by atoms with E-state index in [0.29, 0.717) is 5.75 Å². The molecular weight excluding hydrogens is 274 g/mol. The van der Waals surface area contributed by atoms with Crippen molar-refractivity contribution in [3.63, 3.8) is 0 Å². The fraction of sp³-hybridized carbons (Fsp3) is 0.333. The number of amides is 1. The molecule has 110 valence electrons. The van der Waals surface area contributed by atoms with Crippen molar-refractivity contribution < 1.29 is 24.2 Å². The molecule has 1 atom stereocenters. The second kappa shape index (κ2) is 5.75. The van der Waals surface area contributed by atoms with Crippen molar-refractivity contribution >= 4 is 17.6 Å². The standard InChI is InChI=1S/C15H15NO5/c1-4-9-5-13(17)16(8-9)11-6-10(20-2)7-12(21-3)14(11)15(18)19/h1,6-7,9H,5,8H2,2-3H3,(H,18,19). The molecule has 1 amide bonds. The Morgan fingerprint density at radius 3 is 2.62 bits per heavy atom. The molecule has 0 radical (unpaired) electrons. The van der Waals surface area contributed by atoms with E-state index in [2.05, 4.69) is 5.92 Å². The van der Waals surface area contributed by atoms with Crippen molar-refractivity contribution in [2.45, 2.75) is 6.42 Å². The molecule has 1 aliphatic rings. The molecular formula is C15H15NO5. The average Bonchev–Trinajstić information content (AvgIpc) is 2.86. The van der Waals surface area contributed by atoms with Crippen LogP contribution in [0.15, 0.2) is 12.1 Å². The molecule has 1 aromatic carbocycles. The quantitative estimate of drug-likeness (QED) is 0.848. The molecule has 1 aromatic rings. The number of carbonyl (C=O) groups excluding carboxylic acids is 1. The number of hydrogen-bond donors (Lipinski definition) is 1. The van der Waals surface area contributed by atoms with Crippen molar-refractivity contribution in [3.05, 3.63) is 17.7 Å². The molecule has 1 aliphatic heterocycles. The van der Waals surface area contributed by atoms with Gasteiger partial charge in [-0.1, -0.05) is 0 Å². The Labute approximate surface area is 122 Å². The van der Waals surface area contributed by atoms with Crippen LogP contribution in [0.3, 0.4) is 0 Å². The molecule has 21 heavy (non-hydrogen) atoms. The van der Waals surface area contributed by atoms with E-state index in [0.717, 1.165) is 0 Å². The van der Waals surface area contributed by atoms with E-state index < -0.39 is 5.97 Å². The fourth-order valence-electron chi connectivity index (χ4n) is 2.33. The van der Waals surface area contributed by atoms with Gasteiger partial charge in [0.15, 0.2) is 0 Å². The number of nitrogens with zero attached hydrogens (tertiary/aromatic N) is 1. The third-order valence-corrected chi connectivity index (χ3v) is 3.38. The zero-order valence-corrected chi connectivity index (χ0v) is 11.8. The minimum absolute atomic E-state index is 0.0793. The van der Waals surface area contributed by atoms with Crippen LogP contribution in [-0.4, -0.2) is 37.7 Å². The monoisotopic (exact) mass is 289 g/mol. The summed E-state index contributed by atoms with van der Waals surface area (Å²) in [6, 6.07) is 2.97. The Morgan fingerprint density at radius 1 is 1.43 bits per heavy atom. The van der Waals surface area contributed by atoms with Crippen LogP contribution in [0.4, 0.5) is 5.69 Å². The van der Waals surface area contributed by atoms with Gasteiger partial charge in [-0.2, -0.15) is 0 Å². The van der Waals surface area contributed by atoms with E-state index >= 15 is 0 Å². The number of benzene rings is 1. The van der Waals surface area contributed by atoms with Crippen LogP contribution in [0.2, 0.25) is 0 Å². The van der Waals surface area contributed by atoms with Gasteiger partial charge < -0.3 is 19.5 Å². The Kier molecular flexibility index (Phi) is 4.03. The first-order valence-electron chi connectivity index (χ1n) is 6.27. The van der Waals surface area contributed by atoms with Crippen LogP contribution in [0.5, 0.6) is 11.5 Å². The summed E-state index contributed by atoms with van der Waals surface area (Å²) in [6.45, 7) is 0.284. The molecule has 2 rings (SSSR count). The maximum Gasteiger partial charge on any atom is 0.341 e. The van der Waals surface area contributed by atoms with Gasteiger partial charge in [0.05, 0.1) is 19.9 Å². The molecule has 1 fully saturated rings. The van der Waals surface area contributed by atoms with Gasteiger partial charge in [0.2, 0.25) is 5.91 Å². The van der Waals surface area contributed by atoms with Gasteiger partial charge in [-0.05, 0) is 0 Å². The topological polar surface area (TPSA) is 76.1 Å². The SMILES string of the molecule is C#CC1CC(=O)N(c2cc(OC)cc(OC)c2C(=O)O)C1. The van der Waals surface area contributed by atoms with Crippen molar-refractivity contribution in [3.8, 4) is 23.8 Å². The van der Waals surface area contributed by atoms with Crippen LogP contribution in [0, 0.1) is 18.3 Å². The van der Waals surface area contributed by atoms with E-state index in [-0.39, 0.29) is 41.8 Å². The molecule has 0 spiro atoms. The normalized spacial score (nSPS) is 17.5. The fourth-order valence-corrected chi connectivity index (χ4v) is 2.33. The van der Waals surface area contributed by atoms with E-state index in [4.69, 9.17) is 15.9 Å². The highest BCUT2D eigenvalue weighted by molar-refractivity contribution is 6.05. The third-order valence-electron chi connectivity index (χ3n) is 3.38. The van der Waals surface area contributed by atoms with Gasteiger partial charge in [0.25, 0.3) is 0 Å². The summed E-state index contributed by atoms with van der Waals surface area (Å²) in [7, 11) is 2.82. The molecule has 1 saturated heterocycles. The van der Waals surface area contributed by atoms with Crippen LogP contribution in [0.1, 0.15) is 16.8 Å². The summed E-state index contributed by atoms with van der Waals surface area (Å²) in [5.41, 5.74) is 0.158. The first-order chi connectivity index (χ1) is 10.0. The van der Waals surface area contributed by atoms with Gasteiger partial charge in [-0.15, -0.1) is 12.3 Å². The lowest BCUT2D eigenvalue weighted by Gasteiger charge is -2.21. The van der Waals surface area contributed by atoms with Crippen LogP contribution in [0.25, 0.3) is 0 Å². The minimum Gasteiger partial charge on any atom is -0.497 e. The van der Waals surface area contributed by atoms with E-state index in [1.807, 2.05) is 0 Å². The number of methoxy groups -OCH3 is 2. The van der Waals surface area contributed by atoms with E-state index in [1.54, 1.807) is 0 Å². The zero-order chi connectivity index (χ0) is 15.6. The molecule has 0 aromatic heterocycles. The lowest BCUT2D eigenvalue weighted by Crippen LogP contribution is -2.26. The smallest absolute Gasteiger partial charge is 0.341 e. The Balaban J connectivity index is 2.58. The number of carboxylic acids is 1. The average molecular weight is 289 g/mol. The number of carboxylic acid groups (broad SMARTS) is 1. The number of ether oxygens (including phenoxy) is 2. The maximum absolute atomic E-state index is 12.1. The van der Waals surface area contributed by atoms with E-state index in [1.165, 1.54) is 31.3 Å². The van der Waals surface area contributed by atoms with Crippen molar-refractivity contribution in [1.29, 1.82) is 0 Å². The molecule has 0 bridgehead atoms. The second-order valence-electron chi connectivity index (χ2n) is 4.60. The largest absolute Gasteiger partial charge is 0.497 e. The molecule has 0 saturated carbocycles. The van der Waals surface area contributed by atoms with Crippen molar-refractivity contribution in [2.24, 2.45) is 5.92 Å². The zero-order valence-electron chi connectivity index (χ0n) is 11.8. The molecule has 0 aliphatic carbocycles. The molecule has 1 N–H and O–H groups in total. The number of rotatable bonds is 4. The summed E-state index contributed by atoms with van der Waals surface area (Å²) in [6.07, 6.45) is 5.56. The van der Waals surface area contributed by atoms with Gasteiger partial charge in [0.1, 0.15) is 17.1 Å². The van der Waals surface area contributed by atoms with Gasteiger partial charge >= 0.3 is 5.97 Å². The predicted molar refractivity (Wildman–Crippen MR) is 75.8 cm³/mol. The number of anilines is 1. The molecule has 6 heteroatoms. The van der Waals surface area contributed by atoms with Crippen LogP contribution >= 0.6 is 0 Å². The van der Waals surface area contributed by atoms with Crippen LogP contribution < -0.4 is 14.4 Å². The lowest BCUT2D eigenvalue weighted by molar-refractivity contribution is -0.117. The number of terminal acetylenes is 1. The summed E-state index contributed by atoms with van der Waals surface area (Å²) in [5.74, 6) is 1.45. The number of aromatic carboxylic acids is 1. The third kappa shape index (κ3) is 2.63. The molecule has 1 heterocycles. The van der Waals surface area contributed by atoms with Crippen LogP contribution in [-0.2, 0) is 4.79 Å². The lowest BCUT2D eigenvalue weighted by atomic mass is 10.1. The van der Waals surface area contributed by atoms with Gasteiger partial charge in [-0.3, -0.25) is 4.79 Å². The number of hydrogen-bond acceptors (Lipinski definition) is 4. The second-order valence-corrected chi connectivity index (χ2v) is 4.60. The van der Waals surface area contributed by atoms with Gasteiger partial charge in [0, 0.05) is 31.0 Å². The highest BCUT2D eigenvalue weighted by Crippen LogP contribution is 2.37. The summed E-state index contributed by atoms with van der Waals surface area (Å²) in [5, 5.41) is 9.41. The van der Waals surface area contributed by atoms with E-state index in [9.17, 15) is 14.7 Å². The first kappa shape index (κ1) is 14.7.